The number of nitriles is 1. The molecule has 0 rings (SSSR count). The maximum atomic E-state index is 12.3. The molecule has 5 nitrogen and oxygen atoms in total. The van der Waals surface area contributed by atoms with E-state index in [9.17, 15) is 13.2 Å². The Bertz CT molecular complexity index is 288. The number of hydrogen-bond donors (Lipinski definition) is 1. The molecule has 0 spiro atoms. The second kappa shape index (κ2) is 5.44. The molecule has 84 valence electrons. The molecule has 1 atom stereocenters. The molecular weight excluding hydrogens is 211 g/mol. The average Bonchev–Trinajstić information content (AvgIpc) is 2.15. The van der Waals surface area contributed by atoms with Crippen LogP contribution in [0.25, 0.3) is 10.4 Å². The van der Waals surface area contributed by atoms with E-state index in [1.807, 2.05) is 0 Å². The lowest BCUT2D eigenvalue weighted by Crippen LogP contribution is -2.53. The summed E-state index contributed by atoms with van der Waals surface area (Å²) in [4.78, 5) is 2.45. The normalized spacial score (nSPS) is 14.9. The van der Waals surface area contributed by atoms with Gasteiger partial charge < -0.3 is 0 Å². The van der Waals surface area contributed by atoms with Gasteiger partial charge in [-0.15, -0.1) is 0 Å². The summed E-state index contributed by atoms with van der Waals surface area (Å²) < 4.78 is 36.9. The zero-order valence-electron chi connectivity index (χ0n) is 8.04. The third-order valence-electron chi connectivity index (χ3n) is 1.77. The van der Waals surface area contributed by atoms with Crippen LogP contribution in [-0.4, -0.2) is 24.8 Å². The zero-order chi connectivity index (χ0) is 11.9. The highest BCUT2D eigenvalue weighted by Crippen LogP contribution is 2.29. The molecule has 0 aliphatic heterocycles. The van der Waals surface area contributed by atoms with Crippen LogP contribution in [0, 0.1) is 11.3 Å². The van der Waals surface area contributed by atoms with Crippen molar-refractivity contribution in [3.8, 4) is 6.07 Å². The van der Waals surface area contributed by atoms with Gasteiger partial charge in [0.25, 0.3) is 0 Å². The fraction of sp³-hybridized carbons (Fsp3) is 0.857. The van der Waals surface area contributed by atoms with E-state index < -0.39 is 11.7 Å². The molecule has 1 N–H and O–H groups in total. The van der Waals surface area contributed by atoms with Crippen LogP contribution in [0.1, 0.15) is 13.3 Å². The lowest BCUT2D eigenvalue weighted by atomic mass is 10.0. The number of nitrogens with one attached hydrogen (secondary N) is 1. The topological polar surface area (TPSA) is 84.6 Å². The van der Waals surface area contributed by atoms with E-state index in [2.05, 4.69) is 15.3 Å². The molecule has 0 saturated carbocycles. The van der Waals surface area contributed by atoms with Gasteiger partial charge in [0, 0.05) is 11.5 Å². The zero-order valence-corrected chi connectivity index (χ0v) is 8.04. The van der Waals surface area contributed by atoms with Gasteiger partial charge >= 0.3 is 6.18 Å². The lowest BCUT2D eigenvalue weighted by molar-refractivity contribution is -0.173. The first kappa shape index (κ1) is 13.5. The Labute approximate surface area is 84.5 Å². The lowest BCUT2D eigenvalue weighted by Gasteiger charge is -2.25. The van der Waals surface area contributed by atoms with Crippen LogP contribution < -0.4 is 5.32 Å². The minimum atomic E-state index is -4.62. The van der Waals surface area contributed by atoms with Crippen molar-refractivity contribution in [1.29, 1.82) is 5.26 Å². The third-order valence-corrected chi connectivity index (χ3v) is 1.77. The summed E-state index contributed by atoms with van der Waals surface area (Å²) in [6.45, 7) is 0.825. The van der Waals surface area contributed by atoms with E-state index in [1.54, 1.807) is 0 Å². The molecule has 0 aliphatic rings. The maximum absolute atomic E-state index is 12.3. The largest absolute Gasteiger partial charge is 0.419 e. The van der Waals surface area contributed by atoms with Crippen molar-refractivity contribution < 1.29 is 13.2 Å². The van der Waals surface area contributed by atoms with E-state index >= 15 is 0 Å². The molecule has 0 saturated heterocycles. The van der Waals surface area contributed by atoms with E-state index in [4.69, 9.17) is 10.8 Å². The van der Waals surface area contributed by atoms with Gasteiger partial charge in [-0.25, -0.2) is 0 Å². The first-order valence-electron chi connectivity index (χ1n) is 4.11. The predicted molar refractivity (Wildman–Crippen MR) is 46.7 cm³/mol. The summed E-state index contributed by atoms with van der Waals surface area (Å²) in [6, 6.07) is 1.17. The van der Waals surface area contributed by atoms with E-state index in [-0.39, 0.29) is 19.5 Å². The number of rotatable bonds is 5. The Kier molecular flexibility index (Phi) is 4.91. The molecule has 0 bridgehead atoms. The van der Waals surface area contributed by atoms with Gasteiger partial charge in [0.2, 0.25) is 0 Å². The summed E-state index contributed by atoms with van der Waals surface area (Å²) in [5, 5.41) is 13.6. The molecule has 0 radical (unpaired) electrons. The molecule has 8 heteroatoms. The van der Waals surface area contributed by atoms with E-state index in [1.165, 1.54) is 6.07 Å². The second-order valence-electron chi connectivity index (χ2n) is 2.97. The summed E-state index contributed by atoms with van der Waals surface area (Å²) in [7, 11) is 0. The monoisotopic (exact) mass is 221 g/mol. The van der Waals surface area contributed by atoms with Crippen LogP contribution in [0.15, 0.2) is 5.11 Å². The Hall–Kier alpha value is -1.45. The molecule has 0 heterocycles. The molecule has 0 aliphatic carbocycles. The average molecular weight is 221 g/mol. The van der Waals surface area contributed by atoms with E-state index in [0.717, 1.165) is 6.92 Å². The quantitative estimate of drug-likeness (QED) is 0.333. The van der Waals surface area contributed by atoms with Crippen molar-refractivity contribution in [2.45, 2.75) is 25.1 Å². The van der Waals surface area contributed by atoms with Crippen molar-refractivity contribution in [2.75, 3.05) is 13.1 Å². The van der Waals surface area contributed by atoms with Crippen molar-refractivity contribution in [3.05, 3.63) is 10.4 Å². The summed E-state index contributed by atoms with van der Waals surface area (Å²) in [5.41, 5.74) is 5.35. The molecule has 0 aromatic heterocycles. The van der Waals surface area contributed by atoms with Crippen LogP contribution in [-0.2, 0) is 0 Å². The van der Waals surface area contributed by atoms with Crippen LogP contribution in [0.3, 0.4) is 0 Å². The van der Waals surface area contributed by atoms with Crippen LogP contribution >= 0.6 is 0 Å². The van der Waals surface area contributed by atoms with Gasteiger partial charge in [-0.05, 0) is 25.4 Å². The summed E-state index contributed by atoms with van der Waals surface area (Å²) in [5.74, 6) is 0. The van der Waals surface area contributed by atoms with Crippen molar-refractivity contribution in [1.82, 2.24) is 5.32 Å². The molecule has 0 aromatic carbocycles. The number of azide groups is 1. The van der Waals surface area contributed by atoms with Crippen molar-refractivity contribution >= 4 is 0 Å². The van der Waals surface area contributed by atoms with Gasteiger partial charge in [0.05, 0.1) is 6.07 Å². The number of hydrogen-bond acceptors (Lipinski definition) is 3. The number of nitrogens with zero attached hydrogens (tertiary/aromatic N) is 4. The highest BCUT2D eigenvalue weighted by Gasteiger charge is 2.51. The Morgan fingerprint density at radius 1 is 1.53 bits per heavy atom. The van der Waals surface area contributed by atoms with Gasteiger partial charge in [-0.3, -0.25) is 5.32 Å². The molecule has 0 aromatic rings. The second-order valence-corrected chi connectivity index (χ2v) is 2.97. The van der Waals surface area contributed by atoms with Gasteiger partial charge in [-0.2, -0.15) is 18.4 Å². The molecule has 0 fully saturated rings. The third kappa shape index (κ3) is 4.06. The highest BCUT2D eigenvalue weighted by molar-refractivity contribution is 5.09. The molecule has 1 unspecified atom stereocenters. The van der Waals surface area contributed by atoms with Crippen LogP contribution in [0.4, 0.5) is 13.2 Å². The Balaban J connectivity index is 4.13. The van der Waals surface area contributed by atoms with Gasteiger partial charge in [0.1, 0.15) is 0 Å². The minimum absolute atomic E-state index is 0.0391. The Morgan fingerprint density at radius 3 is 2.53 bits per heavy atom. The van der Waals surface area contributed by atoms with Crippen LogP contribution in [0.5, 0.6) is 0 Å². The van der Waals surface area contributed by atoms with Gasteiger partial charge in [-0.1, -0.05) is 5.11 Å². The predicted octanol–water partition coefficient (Wildman–Crippen LogP) is 2.12. The summed E-state index contributed by atoms with van der Waals surface area (Å²) in [6.07, 6.45) is -4.38. The van der Waals surface area contributed by atoms with E-state index in [0.29, 0.717) is 0 Å². The highest BCUT2D eigenvalue weighted by atomic mass is 19.4. The first-order valence-corrected chi connectivity index (χ1v) is 4.11. The smallest absolute Gasteiger partial charge is 0.292 e. The van der Waals surface area contributed by atoms with Crippen LogP contribution in [0.2, 0.25) is 0 Å². The SMILES string of the molecule is CC(C#N)(NCCCN=[N+]=[N-])C(F)(F)F. The standard InChI is InChI=1S/C7H10F3N5/c1-6(5-11,7(8,9)10)13-3-2-4-14-15-12/h13H,2-4H2,1H3. The summed E-state index contributed by atoms with van der Waals surface area (Å²) >= 11 is 0. The van der Waals surface area contributed by atoms with Crippen molar-refractivity contribution in [3.63, 3.8) is 0 Å². The number of alkyl halides is 3. The molecular formula is C7H10F3N5. The minimum Gasteiger partial charge on any atom is -0.292 e. The first-order chi connectivity index (χ1) is 6.87. The molecule has 0 amide bonds. The maximum Gasteiger partial charge on any atom is 0.419 e. The molecule has 15 heavy (non-hydrogen) atoms. The fourth-order valence-corrected chi connectivity index (χ4v) is 0.736. The van der Waals surface area contributed by atoms with Gasteiger partial charge in [0.15, 0.2) is 5.54 Å². The Morgan fingerprint density at radius 2 is 2.13 bits per heavy atom. The number of halogens is 3. The van der Waals surface area contributed by atoms with Crippen molar-refractivity contribution in [2.24, 2.45) is 5.11 Å². The fourth-order valence-electron chi connectivity index (χ4n) is 0.736.